The number of thiazole rings is 1. The van der Waals surface area contributed by atoms with Crippen LogP contribution < -0.4 is 10.1 Å². The van der Waals surface area contributed by atoms with Crippen molar-refractivity contribution in [3.05, 3.63) is 135 Å². The van der Waals surface area contributed by atoms with Gasteiger partial charge in [0, 0.05) is 16.5 Å². The van der Waals surface area contributed by atoms with Crippen molar-refractivity contribution in [3.8, 4) is 5.75 Å². The molecule has 0 bridgehead atoms. The number of allylic oxidation sites excluding steroid dienone is 2. The van der Waals surface area contributed by atoms with Crippen LogP contribution in [0.2, 0.25) is 0 Å². The molecule has 1 atom stereocenters. The Morgan fingerprint density at radius 3 is 2.26 bits per heavy atom. The number of esters is 1. The number of nitrogens with one attached hydrogen (secondary N) is 1. The van der Waals surface area contributed by atoms with E-state index in [4.69, 9.17) is 14.5 Å². The minimum atomic E-state index is -0.699. The largest absolute Gasteiger partial charge is 0.489 e. The second-order valence-electron chi connectivity index (χ2n) is 9.89. The predicted octanol–water partition coefficient (Wildman–Crippen LogP) is 6.92. The highest BCUT2D eigenvalue weighted by molar-refractivity contribution is 7.09. The maximum atomic E-state index is 13.0. The van der Waals surface area contributed by atoms with Crippen LogP contribution in [0.25, 0.3) is 6.08 Å². The van der Waals surface area contributed by atoms with E-state index >= 15 is 0 Å². The molecule has 1 aromatic heterocycles. The SMILES string of the molecule is CCOC(=O)C(C)=CC(C)=Cc1csc([C@H](Cc2ccc(OCc3ccccc3)cc2)NC(=O)C(=O)c2ccccc2)n1. The molecule has 0 fully saturated rings. The first-order chi connectivity index (χ1) is 20.8. The lowest BCUT2D eigenvalue weighted by atomic mass is 10.0. The maximum absolute atomic E-state index is 13.0. The van der Waals surface area contributed by atoms with Crippen molar-refractivity contribution < 1.29 is 23.9 Å². The Hall–Kier alpha value is -4.82. The number of carbonyl (C=O) groups is 3. The number of Topliss-reactive ketones (excluding diaryl/α,β-unsaturated/α-hetero) is 1. The van der Waals surface area contributed by atoms with Crippen LogP contribution in [0.15, 0.2) is 108 Å². The lowest BCUT2D eigenvalue weighted by Gasteiger charge is -2.17. The van der Waals surface area contributed by atoms with Gasteiger partial charge in [-0.15, -0.1) is 11.3 Å². The molecular formula is C35H34N2O5S. The molecule has 0 radical (unpaired) electrons. The molecule has 0 saturated heterocycles. The van der Waals surface area contributed by atoms with E-state index in [9.17, 15) is 14.4 Å². The lowest BCUT2D eigenvalue weighted by Crippen LogP contribution is -2.35. The second kappa shape index (κ2) is 15.4. The van der Waals surface area contributed by atoms with Crippen LogP contribution in [0.5, 0.6) is 5.75 Å². The number of aromatic nitrogens is 1. The van der Waals surface area contributed by atoms with E-state index in [-0.39, 0.29) is 5.97 Å². The van der Waals surface area contributed by atoms with Crippen LogP contribution in [0.3, 0.4) is 0 Å². The van der Waals surface area contributed by atoms with Gasteiger partial charge in [0.25, 0.3) is 5.91 Å². The molecular weight excluding hydrogens is 560 g/mol. The van der Waals surface area contributed by atoms with Gasteiger partial charge in [-0.25, -0.2) is 9.78 Å². The number of carbonyl (C=O) groups excluding carboxylic acids is 3. The molecule has 7 nitrogen and oxygen atoms in total. The molecule has 0 aliphatic carbocycles. The van der Waals surface area contributed by atoms with Crippen molar-refractivity contribution in [3.63, 3.8) is 0 Å². The van der Waals surface area contributed by atoms with E-state index in [1.54, 1.807) is 50.3 Å². The molecule has 0 unspecified atom stereocenters. The van der Waals surface area contributed by atoms with Crippen LogP contribution in [0.4, 0.5) is 0 Å². The monoisotopic (exact) mass is 594 g/mol. The first-order valence-corrected chi connectivity index (χ1v) is 14.9. The Morgan fingerprint density at radius 1 is 0.907 bits per heavy atom. The third kappa shape index (κ3) is 9.34. The Balaban J connectivity index is 1.52. The Kier molecular flexibility index (Phi) is 11.2. The molecule has 0 aliphatic heterocycles. The molecule has 4 rings (SSSR count). The number of ether oxygens (including phenoxy) is 2. The number of hydrogen-bond acceptors (Lipinski definition) is 7. The van der Waals surface area contributed by atoms with Crippen LogP contribution >= 0.6 is 11.3 Å². The normalized spacial score (nSPS) is 12.3. The highest BCUT2D eigenvalue weighted by Gasteiger charge is 2.23. The molecule has 4 aromatic rings. The molecule has 0 aliphatic rings. The van der Waals surface area contributed by atoms with Crippen molar-refractivity contribution in [1.29, 1.82) is 0 Å². The smallest absolute Gasteiger partial charge is 0.333 e. The zero-order valence-corrected chi connectivity index (χ0v) is 25.2. The third-order valence-corrected chi connectivity index (χ3v) is 7.39. The van der Waals surface area contributed by atoms with Gasteiger partial charge in [0.05, 0.1) is 18.3 Å². The van der Waals surface area contributed by atoms with Crippen LogP contribution in [0, 0.1) is 0 Å². The summed E-state index contributed by atoms with van der Waals surface area (Å²) in [6.07, 6.45) is 4.02. The second-order valence-corrected chi connectivity index (χ2v) is 10.8. The quantitative estimate of drug-likeness (QED) is 0.0594. The van der Waals surface area contributed by atoms with E-state index in [2.05, 4.69) is 5.32 Å². The molecule has 0 saturated carbocycles. The number of benzene rings is 3. The van der Waals surface area contributed by atoms with Crippen molar-refractivity contribution >= 4 is 35.1 Å². The Bertz CT molecular complexity index is 1590. The van der Waals surface area contributed by atoms with E-state index in [0.29, 0.717) is 41.5 Å². The summed E-state index contributed by atoms with van der Waals surface area (Å²) in [5.74, 6) is -0.940. The lowest BCUT2D eigenvalue weighted by molar-refractivity contribution is -0.138. The zero-order chi connectivity index (χ0) is 30.6. The molecule has 1 amide bonds. The summed E-state index contributed by atoms with van der Waals surface area (Å²) in [6, 6.07) is 25.5. The highest BCUT2D eigenvalue weighted by atomic mass is 32.1. The summed E-state index contributed by atoms with van der Waals surface area (Å²) in [4.78, 5) is 42.6. The van der Waals surface area contributed by atoms with Gasteiger partial charge in [0.15, 0.2) is 0 Å². The highest BCUT2D eigenvalue weighted by Crippen LogP contribution is 2.25. The van der Waals surface area contributed by atoms with Gasteiger partial charge in [-0.05, 0) is 68.2 Å². The molecule has 0 spiro atoms. The average molecular weight is 595 g/mol. The Labute approximate surface area is 255 Å². The van der Waals surface area contributed by atoms with Crippen LogP contribution in [-0.2, 0) is 27.4 Å². The number of ketones is 1. The van der Waals surface area contributed by atoms with Crippen LogP contribution in [0.1, 0.15) is 59.0 Å². The van der Waals surface area contributed by atoms with E-state index in [1.807, 2.05) is 73.0 Å². The van der Waals surface area contributed by atoms with Gasteiger partial charge < -0.3 is 14.8 Å². The molecule has 220 valence electrons. The number of nitrogens with zero attached hydrogens (tertiary/aromatic N) is 1. The maximum Gasteiger partial charge on any atom is 0.333 e. The molecule has 8 heteroatoms. The van der Waals surface area contributed by atoms with Gasteiger partial charge in [-0.1, -0.05) is 72.8 Å². The minimum Gasteiger partial charge on any atom is -0.489 e. The fourth-order valence-corrected chi connectivity index (χ4v) is 5.12. The van der Waals surface area contributed by atoms with Gasteiger partial charge in [0.1, 0.15) is 17.4 Å². The average Bonchev–Trinajstić information content (AvgIpc) is 3.49. The first-order valence-electron chi connectivity index (χ1n) is 14.0. The van der Waals surface area contributed by atoms with Gasteiger partial charge in [0.2, 0.25) is 5.78 Å². The number of amides is 1. The minimum absolute atomic E-state index is 0.311. The molecule has 1 heterocycles. The number of rotatable bonds is 13. The van der Waals surface area contributed by atoms with Crippen molar-refractivity contribution in [1.82, 2.24) is 10.3 Å². The van der Waals surface area contributed by atoms with Crippen molar-refractivity contribution in [2.75, 3.05) is 6.61 Å². The van der Waals surface area contributed by atoms with Crippen molar-refractivity contribution in [2.24, 2.45) is 0 Å². The zero-order valence-electron chi connectivity index (χ0n) is 24.4. The predicted molar refractivity (Wildman–Crippen MR) is 169 cm³/mol. The summed E-state index contributed by atoms with van der Waals surface area (Å²) in [5.41, 5.74) is 4.35. The van der Waals surface area contributed by atoms with Gasteiger partial charge in [-0.3, -0.25) is 9.59 Å². The fourth-order valence-electron chi connectivity index (χ4n) is 4.29. The van der Waals surface area contributed by atoms with Crippen LogP contribution in [-0.4, -0.2) is 29.3 Å². The molecule has 1 N–H and O–H groups in total. The van der Waals surface area contributed by atoms with E-state index < -0.39 is 17.7 Å². The summed E-state index contributed by atoms with van der Waals surface area (Å²) in [7, 11) is 0. The molecule has 3 aromatic carbocycles. The fraction of sp³-hybridized carbons (Fsp3) is 0.200. The van der Waals surface area contributed by atoms with Gasteiger partial charge in [-0.2, -0.15) is 0 Å². The van der Waals surface area contributed by atoms with Gasteiger partial charge >= 0.3 is 5.97 Å². The first kappa shape index (κ1) is 31.1. The van der Waals surface area contributed by atoms with Crippen molar-refractivity contribution in [2.45, 2.75) is 39.8 Å². The third-order valence-electron chi connectivity index (χ3n) is 6.41. The summed E-state index contributed by atoms with van der Waals surface area (Å²) in [6.45, 7) is 6.12. The van der Waals surface area contributed by atoms with E-state index in [0.717, 1.165) is 22.4 Å². The number of hydrogen-bond donors (Lipinski definition) is 1. The topological polar surface area (TPSA) is 94.6 Å². The van der Waals surface area contributed by atoms with E-state index in [1.165, 1.54) is 11.3 Å². The summed E-state index contributed by atoms with van der Waals surface area (Å²) < 4.78 is 11.0. The standard InChI is InChI=1S/C35H34N2O5S/c1-4-41-35(40)25(3)19-24(2)20-29-23-43-34(36-29)31(37-33(39)32(38)28-13-9-6-10-14-28)21-26-15-17-30(18-16-26)42-22-27-11-7-5-8-12-27/h5-20,23,31H,4,21-22H2,1-3H3,(H,37,39)/t31-/m0/s1. The summed E-state index contributed by atoms with van der Waals surface area (Å²) in [5, 5.41) is 5.44. The Morgan fingerprint density at radius 2 is 1.58 bits per heavy atom. The molecule has 43 heavy (non-hydrogen) atoms. The summed E-state index contributed by atoms with van der Waals surface area (Å²) >= 11 is 1.39.